The van der Waals surface area contributed by atoms with Crippen molar-refractivity contribution in [2.75, 3.05) is 25.0 Å². The number of hydrogen-bond donors (Lipinski definition) is 1. The molecule has 5 nitrogen and oxygen atoms in total. The van der Waals surface area contributed by atoms with Crippen molar-refractivity contribution >= 4 is 29.1 Å². The van der Waals surface area contributed by atoms with Crippen molar-refractivity contribution in [3.63, 3.8) is 0 Å². The zero-order valence-corrected chi connectivity index (χ0v) is 15.3. The van der Waals surface area contributed by atoms with E-state index in [4.69, 9.17) is 17.3 Å². The Balaban J connectivity index is 2.21. The average molecular weight is 352 g/mol. The zero-order valence-electron chi connectivity index (χ0n) is 14.6. The standard InChI is InChI=1S/C18H26ClN3O2/c1-4-18(5-2,12-20)17(24)21(3)15-10-11-22(16(15)23)14-9-7-6-8-13(14)19/h6-9,15H,4-5,10-12,20H2,1-3H3. The minimum atomic E-state index is -0.590. The van der Waals surface area contributed by atoms with Gasteiger partial charge in [-0.05, 0) is 31.4 Å². The summed E-state index contributed by atoms with van der Waals surface area (Å²) >= 11 is 6.21. The molecule has 1 atom stereocenters. The smallest absolute Gasteiger partial charge is 0.249 e. The first-order valence-electron chi connectivity index (χ1n) is 8.45. The van der Waals surface area contributed by atoms with Crippen LogP contribution in [0.3, 0.4) is 0 Å². The lowest BCUT2D eigenvalue weighted by molar-refractivity contribution is -0.145. The lowest BCUT2D eigenvalue weighted by Gasteiger charge is -2.35. The fourth-order valence-corrected chi connectivity index (χ4v) is 3.62. The van der Waals surface area contributed by atoms with E-state index < -0.39 is 11.5 Å². The Morgan fingerprint density at radius 2 is 2.00 bits per heavy atom. The van der Waals surface area contributed by atoms with Crippen LogP contribution in [0.5, 0.6) is 0 Å². The monoisotopic (exact) mass is 351 g/mol. The first-order chi connectivity index (χ1) is 11.4. The van der Waals surface area contributed by atoms with Gasteiger partial charge in [0, 0.05) is 20.1 Å². The molecule has 0 bridgehead atoms. The average Bonchev–Trinajstić information content (AvgIpc) is 2.98. The summed E-state index contributed by atoms with van der Waals surface area (Å²) in [5.41, 5.74) is 5.99. The number of anilines is 1. The Labute approximate surface area is 148 Å². The van der Waals surface area contributed by atoms with Gasteiger partial charge in [0.1, 0.15) is 6.04 Å². The van der Waals surface area contributed by atoms with E-state index in [-0.39, 0.29) is 18.4 Å². The molecule has 1 aromatic rings. The van der Waals surface area contributed by atoms with Crippen molar-refractivity contribution in [2.45, 2.75) is 39.2 Å². The third-order valence-electron chi connectivity index (χ3n) is 5.31. The molecule has 6 heteroatoms. The highest BCUT2D eigenvalue weighted by Crippen LogP contribution is 2.33. The highest BCUT2D eigenvalue weighted by Gasteiger charge is 2.43. The number of rotatable bonds is 6. The van der Waals surface area contributed by atoms with E-state index in [0.29, 0.717) is 36.5 Å². The quantitative estimate of drug-likeness (QED) is 0.856. The molecule has 2 amide bonds. The number of benzene rings is 1. The van der Waals surface area contributed by atoms with E-state index in [0.717, 1.165) is 0 Å². The van der Waals surface area contributed by atoms with Crippen molar-refractivity contribution in [3.05, 3.63) is 29.3 Å². The molecule has 1 heterocycles. The van der Waals surface area contributed by atoms with Crippen LogP contribution < -0.4 is 10.6 Å². The minimum Gasteiger partial charge on any atom is -0.333 e. The molecule has 0 spiro atoms. The van der Waals surface area contributed by atoms with Crippen LogP contribution >= 0.6 is 11.6 Å². The molecule has 1 unspecified atom stereocenters. The number of nitrogens with zero attached hydrogens (tertiary/aromatic N) is 2. The van der Waals surface area contributed by atoms with E-state index in [1.807, 2.05) is 32.0 Å². The van der Waals surface area contributed by atoms with Gasteiger partial charge in [-0.3, -0.25) is 9.59 Å². The molecule has 1 aliphatic heterocycles. The summed E-state index contributed by atoms with van der Waals surface area (Å²) in [7, 11) is 1.71. The second-order valence-electron chi connectivity index (χ2n) is 6.35. The highest BCUT2D eigenvalue weighted by molar-refractivity contribution is 6.34. The number of amides is 2. The van der Waals surface area contributed by atoms with Gasteiger partial charge in [0.2, 0.25) is 11.8 Å². The van der Waals surface area contributed by atoms with Gasteiger partial charge in [-0.15, -0.1) is 0 Å². The van der Waals surface area contributed by atoms with Gasteiger partial charge < -0.3 is 15.5 Å². The van der Waals surface area contributed by atoms with Crippen molar-refractivity contribution < 1.29 is 9.59 Å². The largest absolute Gasteiger partial charge is 0.333 e. The van der Waals surface area contributed by atoms with Crippen LogP contribution in [0.15, 0.2) is 24.3 Å². The maximum absolute atomic E-state index is 13.0. The van der Waals surface area contributed by atoms with Gasteiger partial charge in [-0.1, -0.05) is 37.6 Å². The second-order valence-corrected chi connectivity index (χ2v) is 6.76. The molecule has 2 rings (SSSR count). The third-order valence-corrected chi connectivity index (χ3v) is 5.63. The van der Waals surface area contributed by atoms with Crippen molar-refractivity contribution in [1.82, 2.24) is 4.90 Å². The van der Waals surface area contributed by atoms with Gasteiger partial charge in [0.25, 0.3) is 0 Å². The van der Waals surface area contributed by atoms with Gasteiger partial charge in [-0.25, -0.2) is 0 Å². The molecule has 0 aromatic heterocycles. The third kappa shape index (κ3) is 3.15. The lowest BCUT2D eigenvalue weighted by atomic mass is 9.80. The molecule has 1 aliphatic rings. The molecule has 0 saturated carbocycles. The van der Waals surface area contributed by atoms with E-state index in [2.05, 4.69) is 0 Å². The Bertz CT molecular complexity index is 608. The summed E-state index contributed by atoms with van der Waals surface area (Å²) in [4.78, 5) is 29.0. The molecule has 0 radical (unpaired) electrons. The first-order valence-corrected chi connectivity index (χ1v) is 8.83. The summed E-state index contributed by atoms with van der Waals surface area (Å²) in [5, 5.41) is 0.541. The number of para-hydroxylation sites is 1. The summed E-state index contributed by atoms with van der Waals surface area (Å²) < 4.78 is 0. The molecule has 1 fully saturated rings. The van der Waals surface area contributed by atoms with Crippen LogP contribution in [0.25, 0.3) is 0 Å². The number of carbonyl (C=O) groups is 2. The molecule has 132 valence electrons. The minimum absolute atomic E-state index is 0.0469. The summed E-state index contributed by atoms with van der Waals surface area (Å²) in [6.07, 6.45) is 1.93. The van der Waals surface area contributed by atoms with E-state index >= 15 is 0 Å². The van der Waals surface area contributed by atoms with Crippen LogP contribution in [0.2, 0.25) is 5.02 Å². The molecule has 1 aromatic carbocycles. The predicted octanol–water partition coefficient (Wildman–Crippen LogP) is 2.67. The van der Waals surface area contributed by atoms with Gasteiger partial charge in [-0.2, -0.15) is 0 Å². The number of hydrogen-bond acceptors (Lipinski definition) is 3. The van der Waals surface area contributed by atoms with Crippen LogP contribution in [-0.2, 0) is 9.59 Å². The van der Waals surface area contributed by atoms with Gasteiger partial charge >= 0.3 is 0 Å². The van der Waals surface area contributed by atoms with E-state index in [9.17, 15) is 9.59 Å². The lowest BCUT2D eigenvalue weighted by Crippen LogP contribution is -2.51. The number of carbonyl (C=O) groups excluding carboxylic acids is 2. The van der Waals surface area contributed by atoms with Crippen LogP contribution in [0, 0.1) is 5.41 Å². The zero-order chi connectivity index (χ0) is 17.9. The van der Waals surface area contributed by atoms with E-state index in [1.54, 1.807) is 22.9 Å². The highest BCUT2D eigenvalue weighted by atomic mass is 35.5. The Morgan fingerprint density at radius 1 is 1.38 bits per heavy atom. The molecular weight excluding hydrogens is 326 g/mol. The van der Waals surface area contributed by atoms with Crippen molar-refractivity contribution in [1.29, 1.82) is 0 Å². The van der Waals surface area contributed by atoms with E-state index in [1.165, 1.54) is 0 Å². The second kappa shape index (κ2) is 7.53. The SMILES string of the molecule is CCC(CC)(CN)C(=O)N(C)C1CCN(c2ccccc2Cl)C1=O. The fraction of sp³-hybridized carbons (Fsp3) is 0.556. The van der Waals surface area contributed by atoms with Crippen LogP contribution in [0.1, 0.15) is 33.1 Å². The molecular formula is C18H26ClN3O2. The number of likely N-dealkylation sites (N-methyl/N-ethyl adjacent to an activating group) is 1. The maximum atomic E-state index is 13.0. The molecule has 1 saturated heterocycles. The topological polar surface area (TPSA) is 66.6 Å². The molecule has 24 heavy (non-hydrogen) atoms. The number of halogens is 1. The normalized spacial score (nSPS) is 18.1. The predicted molar refractivity (Wildman–Crippen MR) is 97.0 cm³/mol. The Morgan fingerprint density at radius 3 is 2.54 bits per heavy atom. The summed E-state index contributed by atoms with van der Waals surface area (Å²) in [6, 6.07) is 6.81. The Kier molecular flexibility index (Phi) is 5.88. The summed E-state index contributed by atoms with van der Waals surface area (Å²) in [6.45, 7) is 4.78. The Hall–Kier alpha value is -1.59. The van der Waals surface area contributed by atoms with Crippen molar-refractivity contribution in [3.8, 4) is 0 Å². The van der Waals surface area contributed by atoms with Crippen LogP contribution in [0.4, 0.5) is 5.69 Å². The number of nitrogens with two attached hydrogens (primary N) is 1. The first kappa shape index (κ1) is 18.7. The maximum Gasteiger partial charge on any atom is 0.249 e. The molecule has 0 aliphatic carbocycles. The van der Waals surface area contributed by atoms with Crippen molar-refractivity contribution in [2.24, 2.45) is 11.1 Å². The van der Waals surface area contributed by atoms with Crippen LogP contribution in [-0.4, -0.2) is 42.9 Å². The molecule has 2 N–H and O–H groups in total. The summed E-state index contributed by atoms with van der Waals surface area (Å²) in [5.74, 6) is -0.133. The van der Waals surface area contributed by atoms with Gasteiger partial charge in [0.15, 0.2) is 0 Å². The fourth-order valence-electron chi connectivity index (χ4n) is 3.38. The van der Waals surface area contributed by atoms with Gasteiger partial charge in [0.05, 0.1) is 16.1 Å².